The maximum absolute atomic E-state index is 12.2. The quantitative estimate of drug-likeness (QED) is 0.325. The van der Waals surface area contributed by atoms with E-state index in [-0.39, 0.29) is 18.7 Å². The maximum Gasteiger partial charge on any atom is 0.342 e. The first-order chi connectivity index (χ1) is 17.6. The number of H-pyrrole nitrogens is 2. The molecule has 2 aromatic heterocycles. The van der Waals surface area contributed by atoms with E-state index >= 15 is 0 Å². The first kappa shape index (κ1) is 29.2. The molecule has 2 N–H and O–H groups in total. The van der Waals surface area contributed by atoms with Crippen LogP contribution >= 0.6 is 31.9 Å². The minimum atomic E-state index is -4.02. The van der Waals surface area contributed by atoms with Crippen LogP contribution in [0.5, 0.6) is 0 Å². The van der Waals surface area contributed by atoms with Gasteiger partial charge in [-0.1, -0.05) is 35.4 Å². The second kappa shape index (κ2) is 11.2. The highest BCUT2D eigenvalue weighted by molar-refractivity contribution is 9.10. The van der Waals surface area contributed by atoms with Crippen LogP contribution in [-0.2, 0) is 20.0 Å². The third kappa shape index (κ3) is 6.20. The molecule has 2 aromatic carbocycles. The smallest absolute Gasteiger partial charge is 0.272 e. The lowest BCUT2D eigenvalue weighted by Gasteiger charge is -2.07. The number of nitrogens with zero attached hydrogens (tertiary/aromatic N) is 2. The van der Waals surface area contributed by atoms with Gasteiger partial charge in [-0.3, -0.25) is 19.6 Å². The fourth-order valence-corrected chi connectivity index (χ4v) is 6.18. The summed E-state index contributed by atoms with van der Waals surface area (Å²) in [5.74, 6) is 0. The molecule has 0 fully saturated rings. The van der Waals surface area contributed by atoms with Gasteiger partial charge in [0.1, 0.15) is 8.95 Å². The normalized spacial score (nSPS) is 11.5. The molecule has 2 heterocycles. The van der Waals surface area contributed by atoms with Crippen LogP contribution in [0.15, 0.2) is 98.8 Å². The summed E-state index contributed by atoms with van der Waals surface area (Å²) in [5, 5.41) is 0. The van der Waals surface area contributed by atoms with Gasteiger partial charge in [0.05, 0.1) is 9.79 Å². The zero-order valence-corrected chi connectivity index (χ0v) is 24.3. The van der Waals surface area contributed by atoms with Crippen LogP contribution in [0.4, 0.5) is 0 Å². The second-order valence-electron chi connectivity index (χ2n) is 7.70. The van der Waals surface area contributed by atoms with E-state index in [1.165, 1.54) is 24.3 Å². The van der Waals surface area contributed by atoms with Gasteiger partial charge in [-0.15, -0.1) is 0 Å². The molecule has 16 heteroatoms. The van der Waals surface area contributed by atoms with Gasteiger partial charge in [0, 0.05) is 12.4 Å². The molecule has 0 aliphatic carbocycles. The Bertz CT molecular complexity index is 1810. The van der Waals surface area contributed by atoms with Crippen molar-refractivity contribution in [3.05, 3.63) is 123 Å². The highest BCUT2D eigenvalue weighted by Crippen LogP contribution is 2.14. The SMILES string of the molecule is Cc1ccc(S(=O)(=O)n2cc(Br)c(=O)[nH]c2=O)cc1.Cc1ccc(S(=O)(=O)n2cc(Br)c(=O)[nH]c2=O)cc1. The molecule has 0 bridgehead atoms. The van der Waals surface area contributed by atoms with E-state index in [0.29, 0.717) is 7.94 Å². The van der Waals surface area contributed by atoms with E-state index in [1.807, 2.05) is 23.8 Å². The monoisotopic (exact) mass is 688 g/mol. The molecule has 0 unspecified atom stereocenters. The first-order valence-corrected chi connectivity index (χ1v) is 14.8. The molecule has 0 amide bonds. The van der Waals surface area contributed by atoms with Crippen LogP contribution in [0.25, 0.3) is 0 Å². The van der Waals surface area contributed by atoms with Gasteiger partial charge in [-0.2, -0.15) is 7.94 Å². The summed E-state index contributed by atoms with van der Waals surface area (Å²) >= 11 is 5.78. The fraction of sp³-hybridized carbons (Fsp3) is 0.0909. The molecule has 12 nitrogen and oxygen atoms in total. The van der Waals surface area contributed by atoms with Gasteiger partial charge >= 0.3 is 11.4 Å². The zero-order chi connectivity index (χ0) is 28.4. The molecule has 4 aromatic rings. The molecule has 200 valence electrons. The summed E-state index contributed by atoms with van der Waals surface area (Å²) in [7, 11) is -8.04. The van der Waals surface area contributed by atoms with Gasteiger partial charge in [0.25, 0.3) is 31.2 Å². The number of halogens is 2. The highest BCUT2D eigenvalue weighted by atomic mass is 79.9. The Hall–Kier alpha value is -3.34. The second-order valence-corrected chi connectivity index (χ2v) is 13.0. The van der Waals surface area contributed by atoms with Crippen molar-refractivity contribution in [2.75, 3.05) is 0 Å². The molecular formula is C22H18Br2N4O8S2. The number of hydrogen-bond acceptors (Lipinski definition) is 8. The van der Waals surface area contributed by atoms with Crippen molar-refractivity contribution >= 4 is 51.9 Å². The molecule has 0 saturated heterocycles. The Kier molecular flexibility index (Phi) is 8.60. The third-order valence-electron chi connectivity index (χ3n) is 4.89. The Morgan fingerprint density at radius 1 is 0.579 bits per heavy atom. The van der Waals surface area contributed by atoms with E-state index in [0.717, 1.165) is 23.5 Å². The van der Waals surface area contributed by atoms with Crippen molar-refractivity contribution in [2.45, 2.75) is 23.6 Å². The molecule has 0 spiro atoms. The number of nitrogens with one attached hydrogen (secondary N) is 2. The number of benzene rings is 2. The van der Waals surface area contributed by atoms with E-state index in [4.69, 9.17) is 0 Å². The molecule has 0 atom stereocenters. The van der Waals surface area contributed by atoms with Crippen LogP contribution in [-0.4, -0.2) is 34.7 Å². The standard InChI is InChI=1S/2C11H9BrN2O4S/c2*1-7-2-4-8(5-3-7)19(17,18)14-6-9(12)10(15)13-11(14)16/h2*2-6H,1H3,(H,13,15,16). The molecular weight excluding hydrogens is 672 g/mol. The van der Waals surface area contributed by atoms with Crippen molar-refractivity contribution in [1.29, 1.82) is 0 Å². The molecule has 0 aliphatic rings. The van der Waals surface area contributed by atoms with Crippen LogP contribution in [0.3, 0.4) is 0 Å². The predicted molar refractivity (Wildman–Crippen MR) is 146 cm³/mol. The van der Waals surface area contributed by atoms with Crippen molar-refractivity contribution in [3.63, 3.8) is 0 Å². The van der Waals surface area contributed by atoms with E-state index in [1.54, 1.807) is 24.3 Å². The lowest BCUT2D eigenvalue weighted by Crippen LogP contribution is -2.34. The number of rotatable bonds is 4. The molecule has 0 radical (unpaired) electrons. The maximum atomic E-state index is 12.2. The third-order valence-corrected chi connectivity index (χ3v) is 9.34. The first-order valence-electron chi connectivity index (χ1n) is 10.3. The Morgan fingerprint density at radius 2 is 0.868 bits per heavy atom. The summed E-state index contributed by atoms with van der Waals surface area (Å²) in [6.07, 6.45) is 1.88. The average Bonchev–Trinajstić information content (AvgIpc) is 2.84. The predicted octanol–water partition coefficient (Wildman–Crippen LogP) is 1.69. The molecule has 0 aliphatic heterocycles. The van der Waals surface area contributed by atoms with E-state index in [2.05, 4.69) is 31.9 Å². The van der Waals surface area contributed by atoms with Crippen LogP contribution in [0.1, 0.15) is 11.1 Å². The Balaban J connectivity index is 0.000000211. The van der Waals surface area contributed by atoms with E-state index < -0.39 is 42.5 Å². The van der Waals surface area contributed by atoms with Crippen molar-refractivity contribution in [3.8, 4) is 0 Å². The van der Waals surface area contributed by atoms with Crippen LogP contribution in [0, 0.1) is 13.8 Å². The number of aromatic nitrogens is 4. The minimum absolute atomic E-state index is 0.0286. The minimum Gasteiger partial charge on any atom is -0.272 e. The Labute approximate surface area is 232 Å². The summed E-state index contributed by atoms with van der Waals surface area (Å²) in [6, 6.07) is 12.1. The summed E-state index contributed by atoms with van der Waals surface area (Å²) in [4.78, 5) is 49.3. The van der Waals surface area contributed by atoms with Crippen LogP contribution < -0.4 is 22.5 Å². The topological polar surface area (TPSA) is 178 Å². The lowest BCUT2D eigenvalue weighted by atomic mass is 10.2. The number of hydrogen-bond donors (Lipinski definition) is 2. The van der Waals surface area contributed by atoms with Gasteiger partial charge in [-0.25, -0.2) is 26.4 Å². The number of aromatic amines is 2. The summed E-state index contributed by atoms with van der Waals surface area (Å²) in [5.41, 5.74) is -1.58. The Morgan fingerprint density at radius 3 is 1.16 bits per heavy atom. The summed E-state index contributed by atoms with van der Waals surface area (Å²) < 4.78 is 49.9. The van der Waals surface area contributed by atoms with E-state index in [9.17, 15) is 36.0 Å². The van der Waals surface area contributed by atoms with Gasteiger partial charge in [0.2, 0.25) is 0 Å². The van der Waals surface area contributed by atoms with Crippen molar-refractivity contribution < 1.29 is 16.8 Å². The average molecular weight is 690 g/mol. The van der Waals surface area contributed by atoms with Gasteiger partial charge in [-0.05, 0) is 70.0 Å². The van der Waals surface area contributed by atoms with Gasteiger partial charge in [0.15, 0.2) is 0 Å². The molecule has 4 rings (SSSR count). The highest BCUT2D eigenvalue weighted by Gasteiger charge is 2.20. The van der Waals surface area contributed by atoms with Crippen molar-refractivity contribution in [2.24, 2.45) is 0 Å². The number of aryl methyl sites for hydroxylation is 2. The fourth-order valence-electron chi connectivity index (χ4n) is 2.87. The largest absolute Gasteiger partial charge is 0.342 e. The molecule has 0 saturated carbocycles. The zero-order valence-electron chi connectivity index (χ0n) is 19.5. The lowest BCUT2D eigenvalue weighted by molar-refractivity contribution is 0.581. The van der Waals surface area contributed by atoms with Gasteiger partial charge < -0.3 is 0 Å². The van der Waals surface area contributed by atoms with Crippen molar-refractivity contribution in [1.82, 2.24) is 17.9 Å². The summed E-state index contributed by atoms with van der Waals surface area (Å²) in [6.45, 7) is 3.64. The molecule has 38 heavy (non-hydrogen) atoms. The van der Waals surface area contributed by atoms with Crippen LogP contribution in [0.2, 0.25) is 0 Å².